The Morgan fingerprint density at radius 1 is 1.18 bits per heavy atom. The van der Waals surface area contributed by atoms with Gasteiger partial charge >= 0.3 is 0 Å². The Morgan fingerprint density at radius 2 is 1.94 bits per heavy atom. The molecule has 4 rings (SSSR count). The van der Waals surface area contributed by atoms with Crippen molar-refractivity contribution in [2.45, 2.75) is 33.1 Å². The fourth-order valence-electron chi connectivity index (χ4n) is 3.15. The van der Waals surface area contributed by atoms with Crippen molar-refractivity contribution < 1.29 is 9.53 Å². The Balaban J connectivity index is 1.58. The van der Waals surface area contributed by atoms with Crippen molar-refractivity contribution in [1.29, 1.82) is 5.41 Å². The van der Waals surface area contributed by atoms with Gasteiger partial charge in [-0.05, 0) is 32.8 Å². The Morgan fingerprint density at radius 3 is 2.67 bits per heavy atom. The molecule has 0 bridgehead atoms. The number of amidine groups is 1. The highest BCUT2D eigenvalue weighted by Gasteiger charge is 2.24. The smallest absolute Gasteiger partial charge is 0.296 e. The zero-order valence-corrected chi connectivity index (χ0v) is 18.2. The molecule has 10 nitrogen and oxygen atoms in total. The van der Waals surface area contributed by atoms with Gasteiger partial charge < -0.3 is 16.2 Å². The van der Waals surface area contributed by atoms with E-state index >= 15 is 0 Å². The first kappa shape index (κ1) is 21.8. The van der Waals surface area contributed by atoms with Crippen molar-refractivity contribution >= 4 is 34.7 Å². The number of aryl methyl sites for hydroxylation is 2. The van der Waals surface area contributed by atoms with E-state index in [9.17, 15) is 4.79 Å². The third kappa shape index (κ3) is 4.77. The molecule has 1 aliphatic rings. The quantitative estimate of drug-likeness (QED) is 0.309. The minimum absolute atomic E-state index is 0.0304. The topological polar surface area (TPSA) is 166 Å². The summed E-state index contributed by atoms with van der Waals surface area (Å²) in [6, 6.07) is 1.17. The van der Waals surface area contributed by atoms with Crippen LogP contribution in [-0.4, -0.2) is 37.8 Å². The Labute approximate surface area is 190 Å². The van der Waals surface area contributed by atoms with Gasteiger partial charge in [0.2, 0.25) is 0 Å². The fraction of sp³-hybridized carbons (Fsp3) is 0.261. The Kier molecular flexibility index (Phi) is 5.95. The molecule has 0 unspecified atom stereocenters. The molecule has 1 saturated carbocycles. The Hall–Kier alpha value is -4.39. The number of nitrogen functional groups attached to an aromatic ring is 1. The number of carbonyl (C=O) groups is 1. The van der Waals surface area contributed by atoms with Crippen LogP contribution in [0.15, 0.2) is 29.6 Å². The van der Waals surface area contributed by atoms with Gasteiger partial charge in [0.15, 0.2) is 5.90 Å². The molecule has 33 heavy (non-hydrogen) atoms. The standard InChI is InChI=1S/C23H22N8O2/c1-12-13(2)30-19-17(20(24)28-11-18(19)29-12)7-6-14-8-16(10-27-9-14)22(32)31-23(26)33-21(25)15-4-3-5-15/h8-11,15,25H,3-5H2,1-2H3,(H2,24,28)(H2,26,31,32). The van der Waals surface area contributed by atoms with Crippen LogP contribution in [0.5, 0.6) is 0 Å². The van der Waals surface area contributed by atoms with E-state index in [4.69, 9.17) is 21.6 Å². The largest absolute Gasteiger partial charge is 0.411 e. The molecule has 0 aromatic carbocycles. The first-order valence-corrected chi connectivity index (χ1v) is 10.3. The second-order valence-electron chi connectivity index (χ2n) is 7.71. The van der Waals surface area contributed by atoms with Gasteiger partial charge in [0.1, 0.15) is 16.9 Å². The summed E-state index contributed by atoms with van der Waals surface area (Å²) in [5, 5.41) is 7.85. The lowest BCUT2D eigenvalue weighted by Crippen LogP contribution is -2.29. The summed E-state index contributed by atoms with van der Waals surface area (Å²) in [6.07, 6.45) is 7.24. The third-order valence-corrected chi connectivity index (χ3v) is 5.37. The molecule has 3 aromatic rings. The minimum atomic E-state index is -0.645. The molecule has 1 aliphatic carbocycles. The number of aromatic nitrogens is 4. The lowest BCUT2D eigenvalue weighted by molar-refractivity contribution is 0.1000. The van der Waals surface area contributed by atoms with Crippen molar-refractivity contribution in [1.82, 2.24) is 19.9 Å². The van der Waals surface area contributed by atoms with Crippen LogP contribution in [0, 0.1) is 37.0 Å². The molecule has 3 aromatic heterocycles. The van der Waals surface area contributed by atoms with Gasteiger partial charge in [-0.15, -0.1) is 0 Å². The molecule has 0 radical (unpaired) electrons. The zero-order chi connectivity index (χ0) is 23.5. The van der Waals surface area contributed by atoms with Crippen LogP contribution >= 0.6 is 0 Å². The number of carbonyl (C=O) groups excluding carboxylic acids is 1. The van der Waals surface area contributed by atoms with Crippen LogP contribution in [0.3, 0.4) is 0 Å². The van der Waals surface area contributed by atoms with E-state index in [1.807, 2.05) is 13.8 Å². The van der Waals surface area contributed by atoms with E-state index in [1.54, 1.807) is 6.20 Å². The average Bonchev–Trinajstić information content (AvgIpc) is 2.73. The van der Waals surface area contributed by atoms with Gasteiger partial charge in [-0.2, -0.15) is 4.99 Å². The van der Waals surface area contributed by atoms with E-state index < -0.39 is 5.91 Å². The molecule has 0 saturated heterocycles. The van der Waals surface area contributed by atoms with Crippen molar-refractivity contribution in [3.8, 4) is 11.8 Å². The SMILES string of the molecule is Cc1nc2cnc(N)c(C#Cc3cncc(C(=O)N=C(N)OC(=N)C4CCC4)c3)c2nc1C. The predicted molar refractivity (Wildman–Crippen MR) is 124 cm³/mol. The number of hydrogen-bond acceptors (Lipinski definition) is 8. The predicted octanol–water partition coefficient (Wildman–Crippen LogP) is 2.27. The zero-order valence-electron chi connectivity index (χ0n) is 18.2. The first-order chi connectivity index (χ1) is 15.8. The number of amides is 1. The molecule has 0 atom stereocenters. The summed E-state index contributed by atoms with van der Waals surface area (Å²) in [7, 11) is 0. The van der Waals surface area contributed by atoms with Crippen molar-refractivity contribution in [3.05, 3.63) is 52.7 Å². The number of hydrogen-bond donors (Lipinski definition) is 3. The van der Waals surface area contributed by atoms with E-state index in [1.165, 1.54) is 18.5 Å². The van der Waals surface area contributed by atoms with Gasteiger partial charge in [0.05, 0.1) is 28.7 Å². The number of rotatable bonds is 2. The van der Waals surface area contributed by atoms with Crippen LogP contribution in [0.25, 0.3) is 11.0 Å². The molecule has 166 valence electrons. The number of anilines is 1. The fourth-order valence-corrected chi connectivity index (χ4v) is 3.15. The van der Waals surface area contributed by atoms with Gasteiger partial charge in [0.25, 0.3) is 11.9 Å². The number of aliphatic imine (C=N–C) groups is 1. The highest BCUT2D eigenvalue weighted by molar-refractivity contribution is 6.03. The van der Waals surface area contributed by atoms with E-state index in [0.717, 1.165) is 30.7 Å². The summed E-state index contributed by atoms with van der Waals surface area (Å²) in [5.74, 6) is 5.58. The van der Waals surface area contributed by atoms with E-state index in [0.29, 0.717) is 22.2 Å². The van der Waals surface area contributed by atoms with Gasteiger partial charge in [-0.1, -0.05) is 18.3 Å². The maximum atomic E-state index is 12.5. The van der Waals surface area contributed by atoms with Crippen molar-refractivity contribution in [2.24, 2.45) is 16.6 Å². The van der Waals surface area contributed by atoms with Gasteiger partial charge in [-0.3, -0.25) is 15.2 Å². The molecule has 1 fully saturated rings. The summed E-state index contributed by atoms with van der Waals surface area (Å²) in [4.78, 5) is 33.4. The van der Waals surface area contributed by atoms with Gasteiger partial charge in [0, 0.05) is 23.9 Å². The lowest BCUT2D eigenvalue weighted by atomic mass is 9.85. The number of ether oxygens (including phenoxy) is 1. The Bertz CT molecular complexity index is 1370. The molecule has 10 heteroatoms. The highest BCUT2D eigenvalue weighted by atomic mass is 16.5. The molecular formula is C23H22N8O2. The van der Waals surface area contributed by atoms with Crippen LogP contribution < -0.4 is 11.5 Å². The molecule has 5 N–H and O–H groups in total. The van der Waals surface area contributed by atoms with Crippen LogP contribution in [0.1, 0.15) is 52.1 Å². The molecule has 0 spiro atoms. The number of fused-ring (bicyclic) bond motifs is 1. The average molecular weight is 442 g/mol. The number of nitrogens with two attached hydrogens (primary N) is 2. The maximum absolute atomic E-state index is 12.5. The van der Waals surface area contributed by atoms with Gasteiger partial charge in [-0.25, -0.2) is 15.0 Å². The number of nitrogens with one attached hydrogen (secondary N) is 1. The summed E-state index contributed by atoms with van der Waals surface area (Å²) in [5.41, 5.74) is 15.5. The maximum Gasteiger partial charge on any atom is 0.296 e. The molecule has 3 heterocycles. The summed E-state index contributed by atoms with van der Waals surface area (Å²) >= 11 is 0. The molecule has 1 amide bonds. The second-order valence-corrected chi connectivity index (χ2v) is 7.71. The highest BCUT2D eigenvalue weighted by Crippen LogP contribution is 2.27. The third-order valence-electron chi connectivity index (χ3n) is 5.37. The van der Waals surface area contributed by atoms with Crippen molar-refractivity contribution in [2.75, 3.05) is 5.73 Å². The normalized spacial score (nSPS) is 13.7. The second kappa shape index (κ2) is 9.00. The lowest BCUT2D eigenvalue weighted by Gasteiger charge is -2.24. The van der Waals surface area contributed by atoms with Crippen LogP contribution in [0.4, 0.5) is 5.82 Å². The molecule has 0 aliphatic heterocycles. The summed E-state index contributed by atoms with van der Waals surface area (Å²) < 4.78 is 5.16. The molecular weight excluding hydrogens is 420 g/mol. The monoisotopic (exact) mass is 442 g/mol. The summed E-state index contributed by atoms with van der Waals surface area (Å²) in [6.45, 7) is 3.73. The van der Waals surface area contributed by atoms with E-state index in [-0.39, 0.29) is 29.2 Å². The minimum Gasteiger partial charge on any atom is -0.411 e. The van der Waals surface area contributed by atoms with Crippen LogP contribution in [0.2, 0.25) is 0 Å². The van der Waals surface area contributed by atoms with E-state index in [2.05, 4.69) is 36.8 Å². The van der Waals surface area contributed by atoms with Crippen molar-refractivity contribution in [3.63, 3.8) is 0 Å². The first-order valence-electron chi connectivity index (χ1n) is 10.3. The number of nitrogens with zero attached hydrogens (tertiary/aromatic N) is 5. The van der Waals surface area contributed by atoms with Crippen LogP contribution in [-0.2, 0) is 4.74 Å². The number of pyridine rings is 2.